The number of hydrogen-bond donors (Lipinski definition) is 2. The summed E-state index contributed by atoms with van der Waals surface area (Å²) >= 11 is 0. The third kappa shape index (κ3) is 11.6. The largest absolute Gasteiger partial charge is 0.481 e. The highest BCUT2D eigenvalue weighted by atomic mass is 19.1. The molecule has 2 N–H and O–H groups in total. The minimum atomic E-state index is -0.994. The number of nitrogens with zero attached hydrogens (tertiary/aromatic N) is 1. The standard InChI is InChI=1S/C19H20FNO4.C12H23N/c20-17-8-4-7-15(13-17)9-11-21(12-10-18(22)23)19(24)25-14-16-5-2-1-3-6-16;1-3-7-11(8-4-1)13-12-9-5-2-6-10-12/h1-8,13H,9-12,14H2,(H,22,23);11-13H,1-10H2. The van der Waals surface area contributed by atoms with Crippen molar-refractivity contribution >= 4 is 12.1 Å². The number of amides is 1. The van der Waals surface area contributed by atoms with Crippen molar-refractivity contribution in [3.05, 3.63) is 71.5 Å². The molecule has 6 nitrogen and oxygen atoms in total. The van der Waals surface area contributed by atoms with Crippen LogP contribution in [-0.4, -0.2) is 47.2 Å². The number of carboxylic acid groups (broad SMARTS) is 1. The van der Waals surface area contributed by atoms with E-state index in [1.54, 1.807) is 12.1 Å². The van der Waals surface area contributed by atoms with Gasteiger partial charge in [-0.15, -0.1) is 0 Å². The van der Waals surface area contributed by atoms with E-state index in [2.05, 4.69) is 5.32 Å². The summed E-state index contributed by atoms with van der Waals surface area (Å²) in [5, 5.41) is 12.7. The summed E-state index contributed by atoms with van der Waals surface area (Å²) in [6.45, 7) is 0.409. The number of hydrogen-bond acceptors (Lipinski definition) is 4. The molecule has 0 bridgehead atoms. The maximum absolute atomic E-state index is 13.2. The average molecular weight is 527 g/mol. The number of nitrogens with one attached hydrogen (secondary N) is 1. The van der Waals surface area contributed by atoms with Gasteiger partial charge in [-0.05, 0) is 55.4 Å². The molecule has 38 heavy (non-hydrogen) atoms. The van der Waals surface area contributed by atoms with Crippen LogP contribution in [0.25, 0.3) is 0 Å². The van der Waals surface area contributed by atoms with Gasteiger partial charge in [-0.3, -0.25) is 4.79 Å². The molecule has 0 heterocycles. The smallest absolute Gasteiger partial charge is 0.410 e. The lowest BCUT2D eigenvalue weighted by atomic mass is 9.91. The molecule has 2 aliphatic carbocycles. The van der Waals surface area contributed by atoms with E-state index in [-0.39, 0.29) is 31.9 Å². The highest BCUT2D eigenvalue weighted by molar-refractivity contribution is 5.70. The first-order valence-corrected chi connectivity index (χ1v) is 14.2. The Morgan fingerprint density at radius 2 is 1.45 bits per heavy atom. The minimum Gasteiger partial charge on any atom is -0.481 e. The van der Waals surface area contributed by atoms with E-state index in [1.165, 1.54) is 81.2 Å². The molecular formula is C31H43FN2O4. The molecule has 0 aliphatic heterocycles. The van der Waals surface area contributed by atoms with Crippen LogP contribution in [0.5, 0.6) is 0 Å². The van der Waals surface area contributed by atoms with Gasteiger partial charge in [0, 0.05) is 25.2 Å². The first-order chi connectivity index (χ1) is 18.5. The Labute approximate surface area is 226 Å². The summed E-state index contributed by atoms with van der Waals surface area (Å²) in [7, 11) is 0. The van der Waals surface area contributed by atoms with Gasteiger partial charge in [0.15, 0.2) is 0 Å². The van der Waals surface area contributed by atoms with Crippen LogP contribution in [0.1, 0.15) is 81.8 Å². The number of aliphatic carboxylic acids is 1. The second kappa shape index (κ2) is 16.8. The fourth-order valence-corrected chi connectivity index (χ4v) is 5.16. The predicted octanol–water partition coefficient (Wildman–Crippen LogP) is 6.72. The van der Waals surface area contributed by atoms with Gasteiger partial charge in [-0.25, -0.2) is 9.18 Å². The molecule has 0 radical (unpaired) electrons. The van der Waals surface area contributed by atoms with Gasteiger partial charge in [-0.1, -0.05) is 81.0 Å². The fraction of sp³-hybridized carbons (Fsp3) is 0.548. The molecule has 0 saturated heterocycles. The molecule has 4 rings (SSSR count). The van der Waals surface area contributed by atoms with Crippen molar-refractivity contribution in [1.29, 1.82) is 0 Å². The third-order valence-corrected chi connectivity index (χ3v) is 7.30. The molecule has 0 aromatic heterocycles. The summed E-state index contributed by atoms with van der Waals surface area (Å²) in [5.41, 5.74) is 1.58. The Bertz CT molecular complexity index is 943. The predicted molar refractivity (Wildman–Crippen MR) is 147 cm³/mol. The van der Waals surface area contributed by atoms with Crippen molar-refractivity contribution in [1.82, 2.24) is 10.2 Å². The molecule has 2 aliphatic rings. The van der Waals surface area contributed by atoms with Crippen LogP contribution in [0.4, 0.5) is 9.18 Å². The summed E-state index contributed by atoms with van der Waals surface area (Å²) in [6.07, 6.45) is 14.2. The van der Waals surface area contributed by atoms with Crippen molar-refractivity contribution < 1.29 is 23.8 Å². The van der Waals surface area contributed by atoms with E-state index in [0.717, 1.165) is 23.2 Å². The van der Waals surface area contributed by atoms with Gasteiger partial charge in [0.1, 0.15) is 12.4 Å². The SMILES string of the molecule is C1CCC(NC2CCCCC2)CC1.O=C(O)CCN(CCc1cccc(F)c1)C(=O)OCc1ccccc1. The number of carbonyl (C=O) groups excluding carboxylic acids is 1. The number of halogens is 1. The summed E-state index contributed by atoms with van der Waals surface area (Å²) < 4.78 is 18.5. The van der Waals surface area contributed by atoms with Crippen molar-refractivity contribution in [2.24, 2.45) is 0 Å². The lowest BCUT2D eigenvalue weighted by Crippen LogP contribution is -2.40. The van der Waals surface area contributed by atoms with E-state index in [4.69, 9.17) is 9.84 Å². The van der Waals surface area contributed by atoms with Gasteiger partial charge in [0.05, 0.1) is 6.42 Å². The average Bonchev–Trinajstić information content (AvgIpc) is 2.94. The first kappa shape index (κ1) is 29.6. The van der Waals surface area contributed by atoms with Crippen LogP contribution >= 0.6 is 0 Å². The van der Waals surface area contributed by atoms with Crippen LogP contribution in [0.3, 0.4) is 0 Å². The zero-order chi connectivity index (χ0) is 27.0. The van der Waals surface area contributed by atoms with Crippen LogP contribution < -0.4 is 5.32 Å². The number of rotatable bonds is 10. The molecular weight excluding hydrogens is 483 g/mol. The minimum absolute atomic E-state index is 0.0400. The van der Waals surface area contributed by atoms with Gasteiger partial charge in [0.25, 0.3) is 0 Å². The first-order valence-electron chi connectivity index (χ1n) is 14.2. The number of carboxylic acids is 1. The Morgan fingerprint density at radius 1 is 0.842 bits per heavy atom. The molecule has 208 valence electrons. The van der Waals surface area contributed by atoms with Crippen molar-refractivity contribution in [3.63, 3.8) is 0 Å². The van der Waals surface area contributed by atoms with E-state index in [0.29, 0.717) is 6.42 Å². The second-order valence-electron chi connectivity index (χ2n) is 10.4. The summed E-state index contributed by atoms with van der Waals surface area (Å²) in [6, 6.07) is 17.1. The zero-order valence-electron chi connectivity index (χ0n) is 22.5. The second-order valence-corrected chi connectivity index (χ2v) is 10.4. The molecule has 2 aromatic rings. The Balaban J connectivity index is 0.000000256. The molecule has 1 amide bonds. The maximum atomic E-state index is 13.2. The maximum Gasteiger partial charge on any atom is 0.410 e. The van der Waals surface area contributed by atoms with E-state index in [1.807, 2.05) is 30.3 Å². The van der Waals surface area contributed by atoms with Gasteiger partial charge in [0.2, 0.25) is 0 Å². The highest BCUT2D eigenvalue weighted by Gasteiger charge is 2.19. The lowest BCUT2D eigenvalue weighted by molar-refractivity contribution is -0.137. The quantitative estimate of drug-likeness (QED) is 0.359. The van der Waals surface area contributed by atoms with Crippen LogP contribution in [0, 0.1) is 5.82 Å². The van der Waals surface area contributed by atoms with Crippen molar-refractivity contribution in [3.8, 4) is 0 Å². The van der Waals surface area contributed by atoms with E-state index >= 15 is 0 Å². The summed E-state index contributed by atoms with van der Waals surface area (Å²) in [5.74, 6) is -1.34. The normalized spacial score (nSPS) is 16.2. The molecule has 0 spiro atoms. The number of ether oxygens (including phenoxy) is 1. The Morgan fingerprint density at radius 3 is 2.03 bits per heavy atom. The van der Waals surface area contributed by atoms with Crippen LogP contribution in [0.2, 0.25) is 0 Å². The molecule has 2 aromatic carbocycles. The number of carbonyl (C=O) groups is 2. The van der Waals surface area contributed by atoms with E-state index in [9.17, 15) is 14.0 Å². The van der Waals surface area contributed by atoms with Crippen molar-refractivity contribution in [2.45, 2.75) is 95.7 Å². The molecule has 7 heteroatoms. The van der Waals surface area contributed by atoms with Gasteiger partial charge >= 0.3 is 12.1 Å². The number of benzene rings is 2. The third-order valence-electron chi connectivity index (χ3n) is 7.30. The Kier molecular flexibility index (Phi) is 13.1. The van der Waals surface area contributed by atoms with Gasteiger partial charge in [-0.2, -0.15) is 0 Å². The fourth-order valence-electron chi connectivity index (χ4n) is 5.16. The lowest BCUT2D eigenvalue weighted by Gasteiger charge is -2.30. The molecule has 2 saturated carbocycles. The Hall–Kier alpha value is -2.93. The van der Waals surface area contributed by atoms with Gasteiger partial charge < -0.3 is 20.1 Å². The van der Waals surface area contributed by atoms with E-state index < -0.39 is 12.1 Å². The van der Waals surface area contributed by atoms with Crippen molar-refractivity contribution in [2.75, 3.05) is 13.1 Å². The molecule has 0 atom stereocenters. The topological polar surface area (TPSA) is 78.9 Å². The summed E-state index contributed by atoms with van der Waals surface area (Å²) in [4.78, 5) is 24.4. The molecule has 0 unspecified atom stereocenters. The molecule has 2 fully saturated rings. The zero-order valence-corrected chi connectivity index (χ0v) is 22.5. The van der Waals surface area contributed by atoms with Crippen LogP contribution in [0.15, 0.2) is 54.6 Å². The highest BCUT2D eigenvalue weighted by Crippen LogP contribution is 2.22. The van der Waals surface area contributed by atoms with Crippen LogP contribution in [-0.2, 0) is 22.6 Å². The monoisotopic (exact) mass is 526 g/mol.